The van der Waals surface area contributed by atoms with Crippen LogP contribution in [0.4, 0.5) is 11.5 Å². The van der Waals surface area contributed by atoms with Gasteiger partial charge in [-0.05, 0) is 42.7 Å². The van der Waals surface area contributed by atoms with Crippen LogP contribution in [0.25, 0.3) is 0 Å². The first-order chi connectivity index (χ1) is 10.2. The van der Waals surface area contributed by atoms with Crippen molar-refractivity contribution in [2.75, 3.05) is 23.3 Å². The molecule has 1 fully saturated rings. The first kappa shape index (κ1) is 14.5. The topological polar surface area (TPSA) is 28.2 Å². The third-order valence-corrected chi connectivity index (χ3v) is 4.40. The Balaban J connectivity index is 1.74. The monoisotopic (exact) mass is 321 g/mol. The van der Waals surface area contributed by atoms with Crippen molar-refractivity contribution in [3.8, 4) is 0 Å². The summed E-state index contributed by atoms with van der Waals surface area (Å²) in [6.45, 7) is 2.86. The predicted molar refractivity (Wildman–Crippen MR) is 89.5 cm³/mol. The Labute approximate surface area is 134 Å². The van der Waals surface area contributed by atoms with Crippen molar-refractivity contribution in [3.05, 3.63) is 52.1 Å². The lowest BCUT2D eigenvalue weighted by atomic mass is 10.2. The minimum atomic E-state index is 0.583. The lowest BCUT2D eigenvalue weighted by molar-refractivity contribution is 0.935. The lowest BCUT2D eigenvalue weighted by Crippen LogP contribution is -2.20. The fourth-order valence-electron chi connectivity index (χ4n) is 2.56. The van der Waals surface area contributed by atoms with Crippen molar-refractivity contribution in [2.24, 2.45) is 0 Å². The molecule has 110 valence electrons. The Morgan fingerprint density at radius 2 is 1.90 bits per heavy atom. The van der Waals surface area contributed by atoms with E-state index in [1.165, 1.54) is 12.8 Å². The normalized spacial score (nSPS) is 14.5. The second-order valence-corrected chi connectivity index (χ2v) is 5.99. The summed E-state index contributed by atoms with van der Waals surface area (Å²) in [7, 11) is 0. The SMILES string of the molecule is Clc1ccc(CNc2cccnc2N2CCCC2)cc1Cl. The molecule has 3 rings (SSSR count). The smallest absolute Gasteiger partial charge is 0.151 e. The molecule has 1 saturated heterocycles. The van der Waals surface area contributed by atoms with Crippen molar-refractivity contribution in [1.29, 1.82) is 0 Å². The summed E-state index contributed by atoms with van der Waals surface area (Å²) in [4.78, 5) is 6.85. The number of halogens is 2. The number of hydrogen-bond donors (Lipinski definition) is 1. The molecular weight excluding hydrogens is 305 g/mol. The van der Waals surface area contributed by atoms with E-state index in [2.05, 4.69) is 21.3 Å². The van der Waals surface area contributed by atoms with Gasteiger partial charge in [-0.1, -0.05) is 29.3 Å². The molecule has 2 aromatic rings. The van der Waals surface area contributed by atoms with Crippen LogP contribution in [0.1, 0.15) is 18.4 Å². The summed E-state index contributed by atoms with van der Waals surface area (Å²) in [5, 5.41) is 4.62. The largest absolute Gasteiger partial charge is 0.378 e. The van der Waals surface area contributed by atoms with Gasteiger partial charge >= 0.3 is 0 Å². The van der Waals surface area contributed by atoms with E-state index in [1.807, 2.05) is 30.5 Å². The van der Waals surface area contributed by atoms with Crippen molar-refractivity contribution in [3.63, 3.8) is 0 Å². The fourth-order valence-corrected chi connectivity index (χ4v) is 2.88. The van der Waals surface area contributed by atoms with Gasteiger partial charge in [0.15, 0.2) is 5.82 Å². The van der Waals surface area contributed by atoms with Crippen molar-refractivity contribution in [2.45, 2.75) is 19.4 Å². The maximum atomic E-state index is 6.05. The molecule has 0 spiro atoms. The molecule has 0 bridgehead atoms. The highest BCUT2D eigenvalue weighted by Crippen LogP contribution is 2.27. The maximum absolute atomic E-state index is 6.05. The van der Waals surface area contributed by atoms with Crippen molar-refractivity contribution < 1.29 is 0 Å². The first-order valence-electron chi connectivity index (χ1n) is 7.12. The Hall–Kier alpha value is -1.45. The summed E-state index contributed by atoms with van der Waals surface area (Å²) in [6, 6.07) is 9.72. The molecule has 0 radical (unpaired) electrons. The van der Waals surface area contributed by atoms with Gasteiger partial charge in [0.2, 0.25) is 0 Å². The zero-order valence-electron chi connectivity index (χ0n) is 11.6. The number of benzene rings is 1. The number of hydrogen-bond acceptors (Lipinski definition) is 3. The zero-order valence-corrected chi connectivity index (χ0v) is 13.2. The van der Waals surface area contributed by atoms with Crippen LogP contribution >= 0.6 is 23.2 Å². The van der Waals surface area contributed by atoms with Crippen molar-refractivity contribution in [1.82, 2.24) is 4.98 Å². The molecule has 1 aromatic carbocycles. The molecule has 2 heterocycles. The molecule has 0 amide bonds. The summed E-state index contributed by atoms with van der Waals surface area (Å²) in [5.41, 5.74) is 2.16. The summed E-state index contributed by atoms with van der Waals surface area (Å²) in [6.07, 6.45) is 4.32. The van der Waals surface area contributed by atoms with Crippen molar-refractivity contribution >= 4 is 34.7 Å². The summed E-state index contributed by atoms with van der Waals surface area (Å²) >= 11 is 12.0. The van der Waals surface area contributed by atoms with Gasteiger partial charge in [0, 0.05) is 25.8 Å². The average molecular weight is 322 g/mol. The molecular formula is C16H17Cl2N3. The van der Waals surface area contributed by atoms with Crippen LogP contribution in [0.2, 0.25) is 10.0 Å². The highest BCUT2D eigenvalue weighted by molar-refractivity contribution is 6.42. The Morgan fingerprint density at radius 1 is 1.10 bits per heavy atom. The van der Waals surface area contributed by atoms with E-state index in [0.717, 1.165) is 30.2 Å². The van der Waals surface area contributed by atoms with Gasteiger partial charge in [0.1, 0.15) is 0 Å². The molecule has 1 N–H and O–H groups in total. The molecule has 0 atom stereocenters. The molecule has 1 aliphatic rings. The Bertz CT molecular complexity index is 625. The van der Waals surface area contributed by atoms with Gasteiger partial charge in [0.25, 0.3) is 0 Å². The maximum Gasteiger partial charge on any atom is 0.151 e. The number of nitrogens with zero attached hydrogens (tertiary/aromatic N) is 2. The number of anilines is 2. The van der Waals surface area contributed by atoms with E-state index in [1.54, 1.807) is 0 Å². The fraction of sp³-hybridized carbons (Fsp3) is 0.312. The quantitative estimate of drug-likeness (QED) is 0.891. The van der Waals surface area contributed by atoms with Gasteiger partial charge < -0.3 is 10.2 Å². The average Bonchev–Trinajstić information content (AvgIpc) is 3.03. The zero-order chi connectivity index (χ0) is 14.7. The molecule has 5 heteroatoms. The number of pyridine rings is 1. The summed E-state index contributed by atoms with van der Waals surface area (Å²) in [5.74, 6) is 1.04. The number of nitrogens with one attached hydrogen (secondary N) is 1. The van der Waals surface area contributed by atoms with Crippen LogP contribution in [0.15, 0.2) is 36.5 Å². The lowest BCUT2D eigenvalue weighted by Gasteiger charge is -2.20. The Morgan fingerprint density at radius 3 is 2.67 bits per heavy atom. The van der Waals surface area contributed by atoms with Crippen LogP contribution in [0, 0.1) is 0 Å². The molecule has 1 aromatic heterocycles. The van der Waals surface area contributed by atoms with Crippen LogP contribution in [-0.4, -0.2) is 18.1 Å². The number of aromatic nitrogens is 1. The highest BCUT2D eigenvalue weighted by Gasteiger charge is 2.16. The van der Waals surface area contributed by atoms with Gasteiger partial charge in [-0.25, -0.2) is 4.98 Å². The molecule has 21 heavy (non-hydrogen) atoms. The van der Waals surface area contributed by atoms with E-state index < -0.39 is 0 Å². The third-order valence-electron chi connectivity index (χ3n) is 3.66. The molecule has 0 aliphatic carbocycles. The van der Waals surface area contributed by atoms with Gasteiger partial charge in [-0.15, -0.1) is 0 Å². The standard InChI is InChI=1S/C16H17Cl2N3/c17-13-6-5-12(10-14(13)18)11-20-15-4-3-7-19-16(15)21-8-1-2-9-21/h3-7,10,20H,1-2,8-9,11H2. The van der Waals surface area contributed by atoms with Gasteiger partial charge in [-0.2, -0.15) is 0 Å². The second kappa shape index (κ2) is 6.54. The molecule has 0 saturated carbocycles. The Kier molecular flexibility index (Phi) is 4.51. The van der Waals surface area contributed by atoms with E-state index >= 15 is 0 Å². The van der Waals surface area contributed by atoms with Crippen LogP contribution < -0.4 is 10.2 Å². The predicted octanol–water partition coefficient (Wildman–Crippen LogP) is 4.60. The highest BCUT2D eigenvalue weighted by atomic mass is 35.5. The summed E-state index contributed by atoms with van der Waals surface area (Å²) < 4.78 is 0. The van der Waals surface area contributed by atoms with E-state index in [9.17, 15) is 0 Å². The third kappa shape index (κ3) is 3.42. The van der Waals surface area contributed by atoms with Crippen LogP contribution in [0.3, 0.4) is 0 Å². The van der Waals surface area contributed by atoms with E-state index in [4.69, 9.17) is 23.2 Å². The minimum absolute atomic E-state index is 0.583. The molecule has 0 unspecified atom stereocenters. The van der Waals surface area contributed by atoms with Gasteiger partial charge in [-0.3, -0.25) is 0 Å². The van der Waals surface area contributed by atoms with Crippen LogP contribution in [0.5, 0.6) is 0 Å². The van der Waals surface area contributed by atoms with E-state index in [0.29, 0.717) is 16.6 Å². The minimum Gasteiger partial charge on any atom is -0.378 e. The molecule has 3 nitrogen and oxygen atoms in total. The number of rotatable bonds is 4. The van der Waals surface area contributed by atoms with E-state index in [-0.39, 0.29) is 0 Å². The van der Waals surface area contributed by atoms with Crippen LogP contribution in [-0.2, 0) is 6.54 Å². The molecule has 1 aliphatic heterocycles. The van der Waals surface area contributed by atoms with Gasteiger partial charge in [0.05, 0.1) is 15.7 Å². The second-order valence-electron chi connectivity index (χ2n) is 5.17. The first-order valence-corrected chi connectivity index (χ1v) is 7.87.